The molecule has 0 fully saturated rings. The van der Waals surface area contributed by atoms with Gasteiger partial charge in [0.2, 0.25) is 0 Å². The number of carbonyl (C=O) groups excluding carboxylic acids is 1. The molecule has 2 rings (SSSR count). The maximum atomic E-state index is 11.0. The third-order valence-electron chi connectivity index (χ3n) is 2.44. The van der Waals surface area contributed by atoms with Gasteiger partial charge in [0.25, 0.3) is 5.69 Å². The number of hydrogen-bond donors (Lipinski definition) is 1. The molecule has 0 saturated carbocycles. The van der Waals surface area contributed by atoms with Gasteiger partial charge in [-0.1, -0.05) is 0 Å². The summed E-state index contributed by atoms with van der Waals surface area (Å²) in [6.45, 7) is 0.492. The molecule has 1 aliphatic heterocycles. The first-order valence-corrected chi connectivity index (χ1v) is 4.44. The molecule has 0 bridgehead atoms. The maximum absolute atomic E-state index is 11.0. The number of carbonyl (C=O) groups is 1. The van der Waals surface area contributed by atoms with Crippen LogP contribution in [0.2, 0.25) is 0 Å². The Morgan fingerprint density at radius 3 is 2.87 bits per heavy atom. The second-order valence-electron chi connectivity index (χ2n) is 3.31. The van der Waals surface area contributed by atoms with Crippen molar-refractivity contribution in [1.29, 1.82) is 0 Å². The van der Waals surface area contributed by atoms with Crippen molar-refractivity contribution in [3.05, 3.63) is 33.9 Å². The molecule has 1 heterocycles. The first-order chi connectivity index (χ1) is 7.09. The zero-order chi connectivity index (χ0) is 11.0. The number of nitro groups is 1. The van der Waals surface area contributed by atoms with Gasteiger partial charge in [-0.05, 0) is 18.1 Å². The van der Waals surface area contributed by atoms with Gasteiger partial charge in [-0.15, -0.1) is 0 Å². The van der Waals surface area contributed by atoms with E-state index in [-0.39, 0.29) is 5.69 Å². The van der Waals surface area contributed by atoms with E-state index in [2.05, 4.69) is 0 Å². The second-order valence-corrected chi connectivity index (χ2v) is 3.31. The van der Waals surface area contributed by atoms with Crippen molar-refractivity contribution < 1.29 is 9.72 Å². The molecule has 0 aromatic heterocycles. The third-order valence-corrected chi connectivity index (χ3v) is 2.44. The molecule has 1 aliphatic rings. The Bertz CT molecular complexity index is 444. The number of nitrogens with two attached hydrogens (primary N) is 1. The van der Waals surface area contributed by atoms with Gasteiger partial charge in [-0.25, -0.2) is 4.79 Å². The lowest BCUT2D eigenvalue weighted by Crippen LogP contribution is -2.33. The van der Waals surface area contributed by atoms with Gasteiger partial charge in [-0.3, -0.25) is 15.0 Å². The van der Waals surface area contributed by atoms with Gasteiger partial charge < -0.3 is 5.73 Å². The van der Waals surface area contributed by atoms with Crippen molar-refractivity contribution >= 4 is 17.4 Å². The zero-order valence-corrected chi connectivity index (χ0v) is 7.84. The van der Waals surface area contributed by atoms with E-state index in [1.807, 2.05) is 0 Å². The standard InChI is InChI=1S/C9H9N3O3/c10-9(13)11-4-3-6-5-7(12(14)15)1-2-8(6)11/h1-2,5H,3-4H2,(H2,10,13). The number of nitro benzene ring substituents is 1. The van der Waals surface area contributed by atoms with Crippen LogP contribution >= 0.6 is 0 Å². The van der Waals surface area contributed by atoms with Crippen LogP contribution in [-0.2, 0) is 6.42 Å². The summed E-state index contributed by atoms with van der Waals surface area (Å²) in [6, 6.07) is 3.89. The molecule has 0 saturated heterocycles. The molecule has 78 valence electrons. The number of rotatable bonds is 1. The number of hydrogen-bond acceptors (Lipinski definition) is 3. The fourth-order valence-corrected chi connectivity index (χ4v) is 1.73. The van der Waals surface area contributed by atoms with Gasteiger partial charge in [0.05, 0.1) is 4.92 Å². The Morgan fingerprint density at radius 2 is 2.27 bits per heavy atom. The molecular weight excluding hydrogens is 198 g/mol. The predicted molar refractivity (Wildman–Crippen MR) is 53.7 cm³/mol. The molecule has 0 aliphatic carbocycles. The number of amides is 2. The van der Waals surface area contributed by atoms with Crippen LogP contribution in [0.5, 0.6) is 0 Å². The number of fused-ring (bicyclic) bond motifs is 1. The molecule has 6 heteroatoms. The topological polar surface area (TPSA) is 89.5 Å². The van der Waals surface area contributed by atoms with Crippen molar-refractivity contribution in [3.63, 3.8) is 0 Å². The van der Waals surface area contributed by atoms with Crippen LogP contribution in [-0.4, -0.2) is 17.5 Å². The number of primary amides is 1. The summed E-state index contributed by atoms with van der Waals surface area (Å²) in [5.41, 5.74) is 6.67. The largest absolute Gasteiger partial charge is 0.351 e. The van der Waals surface area contributed by atoms with E-state index in [0.717, 1.165) is 5.56 Å². The quantitative estimate of drug-likeness (QED) is 0.551. The summed E-state index contributed by atoms with van der Waals surface area (Å²) in [7, 11) is 0. The normalized spacial score (nSPS) is 13.7. The summed E-state index contributed by atoms with van der Waals surface area (Å²) in [6.07, 6.45) is 0.611. The van der Waals surface area contributed by atoms with Crippen LogP contribution in [0.15, 0.2) is 18.2 Å². The number of non-ortho nitro benzene ring substituents is 1. The Morgan fingerprint density at radius 1 is 1.53 bits per heavy atom. The highest BCUT2D eigenvalue weighted by molar-refractivity contribution is 5.93. The Balaban J connectivity index is 2.42. The van der Waals surface area contributed by atoms with Crippen LogP contribution in [0, 0.1) is 10.1 Å². The molecular formula is C9H9N3O3. The highest BCUT2D eigenvalue weighted by atomic mass is 16.6. The van der Waals surface area contributed by atoms with Crippen LogP contribution in [0.4, 0.5) is 16.2 Å². The van der Waals surface area contributed by atoms with Gasteiger partial charge in [0.15, 0.2) is 0 Å². The first kappa shape index (κ1) is 9.45. The van der Waals surface area contributed by atoms with Gasteiger partial charge in [-0.2, -0.15) is 0 Å². The van der Waals surface area contributed by atoms with E-state index in [1.54, 1.807) is 6.07 Å². The number of anilines is 1. The molecule has 0 atom stereocenters. The van der Waals surface area contributed by atoms with E-state index >= 15 is 0 Å². The first-order valence-electron chi connectivity index (χ1n) is 4.44. The SMILES string of the molecule is NC(=O)N1CCc2cc([N+](=O)[O-])ccc21. The average molecular weight is 207 g/mol. The molecule has 6 nitrogen and oxygen atoms in total. The predicted octanol–water partition coefficient (Wildman–Crippen LogP) is 1.04. The Labute approximate surface area is 85.4 Å². The lowest BCUT2D eigenvalue weighted by atomic mass is 10.1. The lowest BCUT2D eigenvalue weighted by Gasteiger charge is -2.13. The summed E-state index contributed by atoms with van der Waals surface area (Å²) in [4.78, 5) is 22.5. The van der Waals surface area contributed by atoms with Gasteiger partial charge in [0.1, 0.15) is 0 Å². The van der Waals surface area contributed by atoms with Crippen LogP contribution in [0.25, 0.3) is 0 Å². The van der Waals surface area contributed by atoms with E-state index in [0.29, 0.717) is 18.7 Å². The molecule has 1 aromatic carbocycles. The van der Waals surface area contributed by atoms with Crippen molar-refractivity contribution in [2.24, 2.45) is 5.73 Å². The minimum Gasteiger partial charge on any atom is -0.351 e. The third kappa shape index (κ3) is 1.50. The maximum Gasteiger partial charge on any atom is 0.319 e. The second kappa shape index (κ2) is 3.23. The zero-order valence-electron chi connectivity index (χ0n) is 7.84. The van der Waals surface area contributed by atoms with Crippen LogP contribution in [0.3, 0.4) is 0 Å². The summed E-state index contributed by atoms with van der Waals surface area (Å²) in [5.74, 6) is 0. The van der Waals surface area contributed by atoms with E-state index < -0.39 is 11.0 Å². The van der Waals surface area contributed by atoms with Crippen molar-refractivity contribution in [2.45, 2.75) is 6.42 Å². The summed E-state index contributed by atoms with van der Waals surface area (Å²) >= 11 is 0. The fraction of sp³-hybridized carbons (Fsp3) is 0.222. The molecule has 0 unspecified atom stereocenters. The fourth-order valence-electron chi connectivity index (χ4n) is 1.73. The van der Waals surface area contributed by atoms with E-state index in [1.165, 1.54) is 17.0 Å². The van der Waals surface area contributed by atoms with E-state index in [4.69, 9.17) is 5.73 Å². The van der Waals surface area contributed by atoms with Gasteiger partial charge in [0, 0.05) is 24.4 Å². The molecule has 15 heavy (non-hydrogen) atoms. The highest BCUT2D eigenvalue weighted by Gasteiger charge is 2.24. The number of nitrogens with zero attached hydrogens (tertiary/aromatic N) is 2. The molecule has 0 radical (unpaired) electrons. The molecule has 1 aromatic rings. The number of benzene rings is 1. The summed E-state index contributed by atoms with van der Waals surface area (Å²) in [5, 5.41) is 10.5. The number of urea groups is 1. The Kier molecular flexibility index (Phi) is 2.03. The lowest BCUT2D eigenvalue weighted by molar-refractivity contribution is -0.384. The minimum atomic E-state index is -0.525. The van der Waals surface area contributed by atoms with Crippen molar-refractivity contribution in [2.75, 3.05) is 11.4 Å². The molecule has 0 spiro atoms. The Hall–Kier alpha value is -2.11. The van der Waals surface area contributed by atoms with E-state index in [9.17, 15) is 14.9 Å². The van der Waals surface area contributed by atoms with Crippen LogP contribution in [0.1, 0.15) is 5.56 Å². The van der Waals surface area contributed by atoms with Crippen LogP contribution < -0.4 is 10.6 Å². The summed E-state index contributed by atoms with van der Waals surface area (Å²) < 4.78 is 0. The smallest absolute Gasteiger partial charge is 0.319 e. The highest BCUT2D eigenvalue weighted by Crippen LogP contribution is 2.30. The van der Waals surface area contributed by atoms with Crippen molar-refractivity contribution in [1.82, 2.24) is 0 Å². The van der Waals surface area contributed by atoms with Crippen molar-refractivity contribution in [3.8, 4) is 0 Å². The monoisotopic (exact) mass is 207 g/mol. The minimum absolute atomic E-state index is 0.0417. The van der Waals surface area contributed by atoms with Gasteiger partial charge >= 0.3 is 6.03 Å². The average Bonchev–Trinajstić information content (AvgIpc) is 2.59. The molecule has 2 N–H and O–H groups in total. The molecule has 2 amide bonds.